The van der Waals surface area contributed by atoms with Crippen LogP contribution in [0.25, 0.3) is 22.5 Å². The Labute approximate surface area is 195 Å². The number of aromatic nitrogens is 4. The normalized spacial score (nSPS) is 14.9. The Kier molecular flexibility index (Phi) is 4.85. The standard InChI is InChI=1S/C24H22Cl2N6/c25-19-9-5-17(6-10-19)21-15-31(23-3-1-13-29(21)23)27-28-32-16-22(30-14-2-4-24(30)32)18-7-11-20(26)12-8-18/h5-12,15-16H,1-4,13-14H2/q+2/b28-27+. The SMILES string of the molecule is Clc1ccc(-c2cn(/N=N/n3cc(-c4ccc(Cl)cc4)[n+]4c3CCC4)c3[n+]2CCC3)cc1. The smallest absolute Gasteiger partial charge is 0.225 e. The van der Waals surface area contributed by atoms with Gasteiger partial charge in [-0.1, -0.05) is 32.6 Å². The largest absolute Gasteiger partial charge is 0.284 e. The number of benzene rings is 2. The van der Waals surface area contributed by atoms with E-state index < -0.39 is 0 Å². The van der Waals surface area contributed by atoms with Crippen LogP contribution in [0.5, 0.6) is 0 Å². The van der Waals surface area contributed by atoms with Crippen LogP contribution in [0, 0.1) is 0 Å². The predicted octanol–water partition coefficient (Wildman–Crippen LogP) is 5.08. The number of rotatable bonds is 4. The maximum absolute atomic E-state index is 6.08. The first kappa shape index (κ1) is 19.7. The summed E-state index contributed by atoms with van der Waals surface area (Å²) in [4.78, 5) is 0. The van der Waals surface area contributed by atoms with Crippen LogP contribution in [0.1, 0.15) is 24.5 Å². The van der Waals surface area contributed by atoms with Crippen LogP contribution in [0.2, 0.25) is 10.0 Å². The van der Waals surface area contributed by atoms with Crippen molar-refractivity contribution < 1.29 is 9.13 Å². The number of nitrogens with zero attached hydrogens (tertiary/aromatic N) is 6. The van der Waals surface area contributed by atoms with Crippen molar-refractivity contribution in [2.75, 3.05) is 0 Å². The molecule has 4 heterocycles. The second-order valence-electron chi connectivity index (χ2n) is 8.25. The fourth-order valence-corrected chi connectivity index (χ4v) is 5.03. The molecule has 2 aromatic heterocycles. The molecule has 6 rings (SSSR count). The second-order valence-corrected chi connectivity index (χ2v) is 9.13. The minimum Gasteiger partial charge on any atom is -0.225 e. The summed E-state index contributed by atoms with van der Waals surface area (Å²) < 4.78 is 8.50. The van der Waals surface area contributed by atoms with Crippen molar-refractivity contribution in [2.24, 2.45) is 10.4 Å². The molecule has 6 nitrogen and oxygen atoms in total. The molecule has 0 saturated heterocycles. The van der Waals surface area contributed by atoms with Gasteiger partial charge in [0.1, 0.15) is 0 Å². The summed E-state index contributed by atoms with van der Waals surface area (Å²) in [5, 5.41) is 10.7. The van der Waals surface area contributed by atoms with Gasteiger partial charge in [-0.25, -0.2) is 9.13 Å². The van der Waals surface area contributed by atoms with Crippen molar-refractivity contribution in [1.82, 2.24) is 9.35 Å². The Morgan fingerprint density at radius 2 is 1.03 bits per heavy atom. The zero-order valence-electron chi connectivity index (χ0n) is 17.5. The summed E-state index contributed by atoms with van der Waals surface area (Å²) in [6.07, 6.45) is 8.34. The minimum atomic E-state index is 0.741. The molecule has 2 aliphatic heterocycles. The molecule has 8 heteroatoms. The van der Waals surface area contributed by atoms with Crippen LogP contribution >= 0.6 is 23.2 Å². The summed E-state index contributed by atoms with van der Waals surface area (Å²) in [6, 6.07) is 15.9. The Morgan fingerprint density at radius 3 is 1.44 bits per heavy atom. The highest BCUT2D eigenvalue weighted by Crippen LogP contribution is 2.25. The molecule has 0 bridgehead atoms. The van der Waals surface area contributed by atoms with Crippen molar-refractivity contribution >= 4 is 23.2 Å². The third-order valence-corrected chi connectivity index (χ3v) is 6.80. The van der Waals surface area contributed by atoms with E-state index >= 15 is 0 Å². The van der Waals surface area contributed by atoms with Gasteiger partial charge in [0, 0.05) is 21.2 Å². The summed E-state index contributed by atoms with van der Waals surface area (Å²) in [5.74, 6) is 2.35. The Bertz CT molecular complexity index is 1230. The maximum Gasteiger partial charge on any atom is 0.284 e. The first-order chi connectivity index (χ1) is 15.7. The average Bonchev–Trinajstić information content (AvgIpc) is 3.56. The maximum atomic E-state index is 6.08. The number of fused-ring (bicyclic) bond motifs is 2. The van der Waals surface area contributed by atoms with Crippen molar-refractivity contribution in [1.29, 1.82) is 0 Å². The molecular formula is C24H22Cl2N6+2. The van der Waals surface area contributed by atoms with E-state index in [9.17, 15) is 0 Å². The highest BCUT2D eigenvalue weighted by atomic mass is 35.5. The predicted molar refractivity (Wildman–Crippen MR) is 122 cm³/mol. The van der Waals surface area contributed by atoms with E-state index in [0.717, 1.165) is 71.3 Å². The summed E-state index contributed by atoms with van der Waals surface area (Å²) in [7, 11) is 0. The van der Waals surface area contributed by atoms with E-state index in [-0.39, 0.29) is 0 Å². The average molecular weight is 465 g/mol. The molecule has 2 aliphatic rings. The van der Waals surface area contributed by atoms with Crippen LogP contribution < -0.4 is 9.13 Å². The van der Waals surface area contributed by atoms with E-state index in [0.29, 0.717) is 0 Å². The lowest BCUT2D eigenvalue weighted by molar-refractivity contribution is -0.680. The molecule has 0 fully saturated rings. The minimum absolute atomic E-state index is 0.741. The molecule has 160 valence electrons. The van der Waals surface area contributed by atoms with Gasteiger partial charge >= 0.3 is 0 Å². The van der Waals surface area contributed by atoms with E-state index in [1.165, 1.54) is 11.6 Å². The Morgan fingerprint density at radius 1 is 0.625 bits per heavy atom. The van der Waals surface area contributed by atoms with Gasteiger partial charge in [0.25, 0.3) is 11.6 Å². The zero-order valence-corrected chi connectivity index (χ0v) is 19.0. The Balaban J connectivity index is 1.38. The highest BCUT2D eigenvalue weighted by Gasteiger charge is 2.31. The van der Waals surface area contributed by atoms with E-state index in [2.05, 4.69) is 56.2 Å². The van der Waals surface area contributed by atoms with Crippen molar-refractivity contribution in [3.63, 3.8) is 0 Å². The van der Waals surface area contributed by atoms with Crippen LogP contribution in [-0.2, 0) is 25.9 Å². The Hall–Kier alpha value is -2.96. The van der Waals surface area contributed by atoms with Crippen molar-refractivity contribution in [3.8, 4) is 22.5 Å². The fraction of sp³-hybridized carbons (Fsp3) is 0.250. The summed E-state index contributed by atoms with van der Waals surface area (Å²) in [6.45, 7) is 1.98. The summed E-state index contributed by atoms with van der Waals surface area (Å²) >= 11 is 12.2. The molecule has 0 atom stereocenters. The number of hydrogen-bond donors (Lipinski definition) is 0. The van der Waals surface area contributed by atoms with Crippen LogP contribution in [0.3, 0.4) is 0 Å². The van der Waals surface area contributed by atoms with Gasteiger partial charge in [-0.15, -0.1) is 0 Å². The molecule has 0 N–H and O–H groups in total. The third kappa shape index (κ3) is 3.34. The molecule has 0 amide bonds. The van der Waals surface area contributed by atoms with E-state index in [1.54, 1.807) is 0 Å². The highest BCUT2D eigenvalue weighted by molar-refractivity contribution is 6.30. The van der Waals surface area contributed by atoms with Gasteiger partial charge in [-0.2, -0.15) is 0 Å². The van der Waals surface area contributed by atoms with Crippen LogP contribution in [-0.4, -0.2) is 9.35 Å². The lowest BCUT2D eigenvalue weighted by atomic mass is 10.2. The molecule has 0 unspecified atom stereocenters. The van der Waals surface area contributed by atoms with Gasteiger partial charge in [0.15, 0.2) is 23.8 Å². The molecule has 0 aliphatic carbocycles. The first-order valence-corrected chi connectivity index (χ1v) is 11.7. The molecule has 4 aromatic rings. The van der Waals surface area contributed by atoms with Crippen LogP contribution in [0.15, 0.2) is 71.4 Å². The van der Waals surface area contributed by atoms with E-state index in [1.807, 2.05) is 33.6 Å². The first-order valence-electron chi connectivity index (χ1n) is 10.9. The number of halogens is 2. The topological polar surface area (TPSA) is 42.3 Å². The van der Waals surface area contributed by atoms with Crippen molar-refractivity contribution in [3.05, 3.63) is 82.6 Å². The molecule has 0 radical (unpaired) electrons. The lowest BCUT2D eigenvalue weighted by Gasteiger charge is -1.98. The fourth-order valence-electron chi connectivity index (χ4n) is 4.78. The molecule has 0 spiro atoms. The van der Waals surface area contributed by atoms with Gasteiger partial charge < -0.3 is 0 Å². The molecule has 0 saturated carbocycles. The van der Waals surface area contributed by atoms with Crippen LogP contribution in [0.4, 0.5) is 0 Å². The molecular weight excluding hydrogens is 443 g/mol. The third-order valence-electron chi connectivity index (χ3n) is 6.30. The van der Waals surface area contributed by atoms with Gasteiger partial charge in [0.05, 0.1) is 36.4 Å². The number of imidazole rings is 2. The lowest BCUT2D eigenvalue weighted by Crippen LogP contribution is -2.33. The molecule has 2 aromatic carbocycles. The summed E-state index contributed by atoms with van der Waals surface area (Å²) in [5.41, 5.74) is 4.55. The van der Waals surface area contributed by atoms with Crippen molar-refractivity contribution in [2.45, 2.75) is 38.8 Å². The quantitative estimate of drug-likeness (QED) is 0.298. The zero-order chi connectivity index (χ0) is 21.7. The van der Waals surface area contributed by atoms with Gasteiger partial charge in [-0.3, -0.25) is 0 Å². The van der Waals surface area contributed by atoms with E-state index in [4.69, 9.17) is 23.2 Å². The van der Waals surface area contributed by atoms with Gasteiger partial charge in [0.2, 0.25) is 0 Å². The monoisotopic (exact) mass is 464 g/mol. The second kappa shape index (κ2) is 7.87. The van der Waals surface area contributed by atoms with Gasteiger partial charge in [-0.05, 0) is 61.4 Å². The molecule has 32 heavy (non-hydrogen) atoms. The number of hydrogen-bond acceptors (Lipinski definition) is 2.